The summed E-state index contributed by atoms with van der Waals surface area (Å²) in [6, 6.07) is 6.71. The molecule has 1 heterocycles. The van der Waals surface area contributed by atoms with Gasteiger partial charge in [-0.2, -0.15) is 11.8 Å². The highest BCUT2D eigenvalue weighted by molar-refractivity contribution is 7.99. The van der Waals surface area contributed by atoms with Gasteiger partial charge in [-0.25, -0.2) is 0 Å². The Kier molecular flexibility index (Phi) is 4.81. The van der Waals surface area contributed by atoms with Crippen LogP contribution in [-0.2, 0) is 4.79 Å². The van der Waals surface area contributed by atoms with Gasteiger partial charge in [0.2, 0.25) is 5.91 Å². The van der Waals surface area contributed by atoms with Crippen LogP contribution >= 0.6 is 11.8 Å². The first-order valence-electron chi connectivity index (χ1n) is 6.15. The highest BCUT2D eigenvalue weighted by Gasteiger charge is 2.20. The van der Waals surface area contributed by atoms with Crippen LogP contribution in [0.25, 0.3) is 0 Å². The van der Waals surface area contributed by atoms with E-state index in [4.69, 9.17) is 0 Å². The molecule has 6 heteroatoms. The minimum absolute atomic E-state index is 0.0279. The van der Waals surface area contributed by atoms with Crippen molar-refractivity contribution in [1.29, 1.82) is 0 Å². The lowest BCUT2D eigenvalue weighted by Gasteiger charge is -2.22. The summed E-state index contributed by atoms with van der Waals surface area (Å²) in [6.45, 7) is 0.859. The lowest BCUT2D eigenvalue weighted by Crippen LogP contribution is -2.46. The van der Waals surface area contributed by atoms with Crippen molar-refractivity contribution < 1.29 is 9.59 Å². The molecule has 5 nitrogen and oxygen atoms in total. The fourth-order valence-corrected chi connectivity index (χ4v) is 2.75. The largest absolute Gasteiger partial charge is 0.355 e. The first-order valence-corrected chi connectivity index (χ1v) is 7.30. The van der Waals surface area contributed by atoms with Crippen LogP contribution in [0, 0.1) is 0 Å². The smallest absolute Gasteiger partial charge is 0.251 e. The average Bonchev–Trinajstić information content (AvgIpc) is 2.48. The van der Waals surface area contributed by atoms with Gasteiger partial charge in [0.15, 0.2) is 0 Å². The van der Waals surface area contributed by atoms with Crippen LogP contribution in [0.2, 0.25) is 0 Å². The molecule has 0 saturated carbocycles. The van der Waals surface area contributed by atoms with E-state index < -0.39 is 0 Å². The quantitative estimate of drug-likeness (QED) is 0.761. The van der Waals surface area contributed by atoms with Crippen LogP contribution in [0.4, 0.5) is 5.69 Å². The van der Waals surface area contributed by atoms with Crippen molar-refractivity contribution in [3.63, 3.8) is 0 Å². The Labute approximate surface area is 116 Å². The van der Waals surface area contributed by atoms with E-state index in [2.05, 4.69) is 16.0 Å². The van der Waals surface area contributed by atoms with Crippen molar-refractivity contribution in [2.24, 2.45) is 0 Å². The van der Waals surface area contributed by atoms with Gasteiger partial charge in [0.05, 0.1) is 6.04 Å². The van der Waals surface area contributed by atoms with Crippen LogP contribution in [0.15, 0.2) is 24.3 Å². The van der Waals surface area contributed by atoms with Crippen LogP contribution < -0.4 is 16.0 Å². The molecule has 1 fully saturated rings. The molecule has 0 radical (unpaired) electrons. The maximum atomic E-state index is 12.0. The Bertz CT molecular complexity index is 455. The Morgan fingerprint density at radius 3 is 2.63 bits per heavy atom. The molecular formula is C13H17N3O2S. The number of carbonyl (C=O) groups is 2. The van der Waals surface area contributed by atoms with Crippen LogP contribution in [0.1, 0.15) is 10.4 Å². The van der Waals surface area contributed by atoms with Gasteiger partial charge >= 0.3 is 0 Å². The number of hydrogen-bond acceptors (Lipinski definition) is 4. The van der Waals surface area contributed by atoms with Gasteiger partial charge < -0.3 is 16.0 Å². The number of nitrogens with one attached hydrogen (secondary N) is 3. The van der Waals surface area contributed by atoms with Crippen molar-refractivity contribution >= 4 is 29.3 Å². The average molecular weight is 279 g/mol. The van der Waals surface area contributed by atoms with Crippen molar-refractivity contribution in [2.75, 3.05) is 30.4 Å². The normalized spacial score (nSPS) is 18.7. The third-order valence-electron chi connectivity index (χ3n) is 2.88. The number of benzene rings is 1. The van der Waals surface area contributed by atoms with E-state index in [1.54, 1.807) is 43.1 Å². The molecule has 0 spiro atoms. The molecule has 1 saturated heterocycles. The Hall–Kier alpha value is -1.53. The summed E-state index contributed by atoms with van der Waals surface area (Å²) >= 11 is 1.77. The highest BCUT2D eigenvalue weighted by atomic mass is 32.2. The molecule has 102 valence electrons. The molecule has 0 aliphatic carbocycles. The van der Waals surface area contributed by atoms with Gasteiger partial charge in [0.1, 0.15) is 0 Å². The van der Waals surface area contributed by atoms with E-state index in [1.807, 2.05) is 0 Å². The Morgan fingerprint density at radius 1 is 1.32 bits per heavy atom. The van der Waals surface area contributed by atoms with Gasteiger partial charge in [-0.05, 0) is 24.3 Å². The molecule has 2 rings (SSSR count). The number of hydrogen-bond donors (Lipinski definition) is 3. The second kappa shape index (κ2) is 6.58. The predicted molar refractivity (Wildman–Crippen MR) is 77.6 cm³/mol. The van der Waals surface area contributed by atoms with Gasteiger partial charge in [0.25, 0.3) is 5.91 Å². The third-order valence-corrected chi connectivity index (χ3v) is 3.94. The summed E-state index contributed by atoms with van der Waals surface area (Å²) in [5.74, 6) is 1.68. The summed E-state index contributed by atoms with van der Waals surface area (Å²) in [5, 5.41) is 8.58. The number of thioether (sulfide) groups is 1. The van der Waals surface area contributed by atoms with E-state index in [-0.39, 0.29) is 17.9 Å². The third kappa shape index (κ3) is 3.71. The monoisotopic (exact) mass is 279 g/mol. The van der Waals surface area contributed by atoms with E-state index in [1.165, 1.54) is 0 Å². The summed E-state index contributed by atoms with van der Waals surface area (Å²) < 4.78 is 0. The minimum atomic E-state index is -0.141. The van der Waals surface area contributed by atoms with Crippen LogP contribution in [-0.4, -0.2) is 43.0 Å². The fraction of sp³-hybridized carbons (Fsp3) is 0.385. The van der Waals surface area contributed by atoms with Gasteiger partial charge in [-0.15, -0.1) is 0 Å². The maximum absolute atomic E-state index is 12.0. The fourth-order valence-electron chi connectivity index (χ4n) is 1.81. The zero-order valence-electron chi connectivity index (χ0n) is 10.7. The van der Waals surface area contributed by atoms with E-state index in [0.29, 0.717) is 11.3 Å². The topological polar surface area (TPSA) is 70.2 Å². The molecule has 2 amide bonds. The lowest BCUT2D eigenvalue weighted by atomic mass is 10.2. The molecular weight excluding hydrogens is 262 g/mol. The first kappa shape index (κ1) is 13.9. The zero-order valence-corrected chi connectivity index (χ0v) is 11.5. The molecule has 0 aromatic heterocycles. The zero-order chi connectivity index (χ0) is 13.7. The number of rotatable bonds is 3. The SMILES string of the molecule is CNC(=O)c1ccc(NC(=O)C2CSCCN2)cc1. The van der Waals surface area contributed by atoms with E-state index >= 15 is 0 Å². The number of amides is 2. The summed E-state index contributed by atoms with van der Waals surface area (Å²) in [7, 11) is 1.59. The molecule has 1 aromatic rings. The second-order valence-corrected chi connectivity index (χ2v) is 5.38. The van der Waals surface area contributed by atoms with Crippen LogP contribution in [0.3, 0.4) is 0 Å². The standard InChI is InChI=1S/C13H17N3O2S/c1-14-12(17)9-2-4-10(5-3-9)16-13(18)11-8-19-7-6-15-11/h2-5,11,15H,6-8H2,1H3,(H,14,17)(H,16,18). The summed E-state index contributed by atoms with van der Waals surface area (Å²) in [4.78, 5) is 23.4. The molecule has 1 aromatic carbocycles. The second-order valence-electron chi connectivity index (χ2n) is 4.23. The van der Waals surface area contributed by atoms with Crippen LogP contribution in [0.5, 0.6) is 0 Å². The molecule has 3 N–H and O–H groups in total. The maximum Gasteiger partial charge on any atom is 0.251 e. The molecule has 1 aliphatic rings. The van der Waals surface area contributed by atoms with Gasteiger partial charge in [-0.1, -0.05) is 0 Å². The van der Waals surface area contributed by atoms with Gasteiger partial charge in [-0.3, -0.25) is 9.59 Å². The molecule has 1 aliphatic heterocycles. The van der Waals surface area contributed by atoms with Crippen molar-refractivity contribution in [3.8, 4) is 0 Å². The van der Waals surface area contributed by atoms with E-state index in [9.17, 15) is 9.59 Å². The number of carbonyl (C=O) groups excluding carboxylic acids is 2. The van der Waals surface area contributed by atoms with Crippen molar-refractivity contribution in [2.45, 2.75) is 6.04 Å². The molecule has 1 atom stereocenters. The van der Waals surface area contributed by atoms with E-state index in [0.717, 1.165) is 18.1 Å². The minimum Gasteiger partial charge on any atom is -0.355 e. The number of anilines is 1. The van der Waals surface area contributed by atoms with Crippen molar-refractivity contribution in [3.05, 3.63) is 29.8 Å². The molecule has 19 heavy (non-hydrogen) atoms. The highest BCUT2D eigenvalue weighted by Crippen LogP contribution is 2.12. The summed E-state index contributed by atoms with van der Waals surface area (Å²) in [5.41, 5.74) is 1.28. The molecule has 0 bridgehead atoms. The van der Waals surface area contributed by atoms with Crippen molar-refractivity contribution in [1.82, 2.24) is 10.6 Å². The molecule has 1 unspecified atom stereocenters. The summed E-state index contributed by atoms with van der Waals surface area (Å²) in [6.07, 6.45) is 0. The Balaban J connectivity index is 1.95. The predicted octanol–water partition coefficient (Wildman–Crippen LogP) is 0.690. The lowest BCUT2D eigenvalue weighted by molar-refractivity contribution is -0.117. The Morgan fingerprint density at radius 2 is 2.05 bits per heavy atom. The first-order chi connectivity index (χ1) is 9.20. The van der Waals surface area contributed by atoms with Gasteiger partial charge in [0, 0.05) is 36.3 Å².